The van der Waals surface area contributed by atoms with Gasteiger partial charge in [-0.05, 0) is 33.7 Å². The maximum absolute atomic E-state index is 12.9. The summed E-state index contributed by atoms with van der Waals surface area (Å²) in [6, 6.07) is 17.6. The Morgan fingerprint density at radius 1 is 0.971 bits per heavy atom. The molecule has 10 heteroatoms. The fourth-order valence-corrected chi connectivity index (χ4v) is 7.32. The highest BCUT2D eigenvalue weighted by molar-refractivity contribution is 7.91. The molecule has 0 spiro atoms. The van der Waals surface area contributed by atoms with Crippen LogP contribution in [0.15, 0.2) is 70.3 Å². The van der Waals surface area contributed by atoms with Crippen molar-refractivity contribution in [2.24, 2.45) is 0 Å². The zero-order valence-corrected chi connectivity index (χ0v) is 19.7. The molecule has 1 fully saturated rings. The summed E-state index contributed by atoms with van der Waals surface area (Å²) < 4.78 is 32.5. The first kappa shape index (κ1) is 22.6. The average molecular weight is 499 g/mol. The van der Waals surface area contributed by atoms with Crippen LogP contribution in [0.2, 0.25) is 0 Å². The fourth-order valence-electron chi connectivity index (χ4n) is 4.63. The fraction of sp³-hybridized carbons (Fsp3) is 0.250. The number of hydrogen-bond acceptors (Lipinski definition) is 6. The van der Waals surface area contributed by atoms with E-state index in [0.29, 0.717) is 0 Å². The van der Waals surface area contributed by atoms with Gasteiger partial charge in [-0.3, -0.25) is 4.79 Å². The molecule has 0 saturated carbocycles. The molecule has 3 aromatic rings. The number of aliphatic carboxylic acids is 1. The molecule has 5 rings (SSSR count). The topological polar surface area (TPSA) is 104 Å². The van der Waals surface area contributed by atoms with Crippen LogP contribution in [-0.2, 0) is 19.6 Å². The second kappa shape index (κ2) is 8.86. The minimum atomic E-state index is -3.96. The molecule has 1 saturated heterocycles. The molecule has 2 aliphatic rings. The Balaban J connectivity index is 1.30. The number of fused-ring (bicyclic) bond motifs is 3. The van der Waals surface area contributed by atoms with Gasteiger partial charge in [-0.25, -0.2) is 13.2 Å². The summed E-state index contributed by atoms with van der Waals surface area (Å²) in [7, 11) is -3.96. The Labute approximate surface area is 201 Å². The largest absolute Gasteiger partial charge is 0.480 e. The Morgan fingerprint density at radius 3 is 2.21 bits per heavy atom. The molecular formula is C24H22N2O6S2. The van der Waals surface area contributed by atoms with Crippen LogP contribution in [0.25, 0.3) is 11.1 Å². The number of thiophene rings is 1. The van der Waals surface area contributed by atoms with E-state index < -0.39 is 28.1 Å². The zero-order valence-electron chi connectivity index (χ0n) is 18.0. The van der Waals surface area contributed by atoms with E-state index in [4.69, 9.17) is 4.74 Å². The second-order valence-corrected chi connectivity index (χ2v) is 11.2. The molecule has 8 nitrogen and oxygen atoms in total. The monoisotopic (exact) mass is 498 g/mol. The molecule has 176 valence electrons. The van der Waals surface area contributed by atoms with Gasteiger partial charge in [0.05, 0.1) is 6.54 Å². The SMILES string of the molecule is O=C(O)[C@H]1CN(C(=O)OCC2c3ccccc3-c3ccccc32)CCN1S(=O)(=O)c1cccs1. The molecular weight excluding hydrogens is 476 g/mol. The minimum absolute atomic E-state index is 0.0467. The van der Waals surface area contributed by atoms with E-state index in [0.717, 1.165) is 37.9 Å². The number of amides is 1. The van der Waals surface area contributed by atoms with E-state index >= 15 is 0 Å². The molecule has 2 aromatic carbocycles. The van der Waals surface area contributed by atoms with E-state index in [2.05, 4.69) is 0 Å². The van der Waals surface area contributed by atoms with Gasteiger partial charge in [-0.2, -0.15) is 4.31 Å². The van der Waals surface area contributed by atoms with Crippen LogP contribution in [0, 0.1) is 0 Å². The lowest BCUT2D eigenvalue weighted by atomic mass is 9.98. The highest BCUT2D eigenvalue weighted by Gasteiger charge is 2.42. The summed E-state index contributed by atoms with van der Waals surface area (Å²) in [5.74, 6) is -1.43. The number of rotatable bonds is 5. The van der Waals surface area contributed by atoms with Crippen molar-refractivity contribution in [3.63, 3.8) is 0 Å². The smallest absolute Gasteiger partial charge is 0.409 e. The number of carbonyl (C=O) groups excluding carboxylic acids is 1. The van der Waals surface area contributed by atoms with Crippen LogP contribution in [0.4, 0.5) is 4.79 Å². The van der Waals surface area contributed by atoms with Crippen LogP contribution in [0.5, 0.6) is 0 Å². The van der Waals surface area contributed by atoms with Gasteiger partial charge in [0.2, 0.25) is 0 Å². The molecule has 1 amide bonds. The molecule has 0 bridgehead atoms. The minimum Gasteiger partial charge on any atom is -0.480 e. The predicted octanol–water partition coefficient (Wildman–Crippen LogP) is 3.46. The van der Waals surface area contributed by atoms with Crippen molar-refractivity contribution < 1.29 is 27.9 Å². The molecule has 1 aromatic heterocycles. The van der Waals surface area contributed by atoms with Crippen molar-refractivity contribution in [3.05, 3.63) is 77.2 Å². The lowest BCUT2D eigenvalue weighted by Gasteiger charge is -2.37. The maximum atomic E-state index is 12.9. The first-order valence-corrected chi connectivity index (χ1v) is 13.1. The lowest BCUT2D eigenvalue weighted by molar-refractivity contribution is -0.143. The van der Waals surface area contributed by atoms with Gasteiger partial charge in [0.1, 0.15) is 16.9 Å². The average Bonchev–Trinajstić information content (AvgIpc) is 3.50. The van der Waals surface area contributed by atoms with Crippen LogP contribution in [-0.4, -0.2) is 67.1 Å². The highest BCUT2D eigenvalue weighted by atomic mass is 32.2. The van der Waals surface area contributed by atoms with Crippen molar-refractivity contribution in [1.82, 2.24) is 9.21 Å². The normalized spacial score (nSPS) is 18.4. The van der Waals surface area contributed by atoms with Gasteiger partial charge in [0, 0.05) is 19.0 Å². The summed E-state index contributed by atoms with van der Waals surface area (Å²) in [5.41, 5.74) is 4.37. The molecule has 2 heterocycles. The maximum Gasteiger partial charge on any atom is 0.409 e. The van der Waals surface area contributed by atoms with Crippen molar-refractivity contribution in [2.45, 2.75) is 16.2 Å². The summed E-state index contributed by atoms with van der Waals surface area (Å²) in [4.78, 5) is 26.1. The standard InChI is InChI=1S/C24H22N2O6S2/c27-23(28)21-14-25(11-12-26(21)34(30,31)22-10-5-13-33-22)24(29)32-15-20-18-8-3-1-6-16(18)17-7-2-4-9-19(17)20/h1-10,13,20-21H,11-12,14-15H2,(H,27,28)/t21-/m1/s1. The van der Waals surface area contributed by atoms with Crippen molar-refractivity contribution in [1.29, 1.82) is 0 Å². The first-order valence-electron chi connectivity index (χ1n) is 10.8. The number of piperazine rings is 1. The molecule has 34 heavy (non-hydrogen) atoms. The van der Waals surface area contributed by atoms with Gasteiger partial charge >= 0.3 is 12.1 Å². The van der Waals surface area contributed by atoms with Gasteiger partial charge in [-0.15, -0.1) is 11.3 Å². The highest BCUT2D eigenvalue weighted by Crippen LogP contribution is 2.44. The molecule has 1 atom stereocenters. The third-order valence-electron chi connectivity index (χ3n) is 6.27. The summed E-state index contributed by atoms with van der Waals surface area (Å²) >= 11 is 1.03. The van der Waals surface area contributed by atoms with E-state index in [-0.39, 0.29) is 36.4 Å². The number of benzene rings is 2. The van der Waals surface area contributed by atoms with Crippen molar-refractivity contribution >= 4 is 33.4 Å². The number of carboxylic acid groups (broad SMARTS) is 1. The number of nitrogens with zero attached hydrogens (tertiary/aromatic N) is 2. The van der Waals surface area contributed by atoms with Crippen LogP contribution >= 0.6 is 11.3 Å². The molecule has 1 aliphatic carbocycles. The Bertz CT molecular complexity index is 1290. The van der Waals surface area contributed by atoms with Crippen LogP contribution < -0.4 is 0 Å². The number of sulfonamides is 1. The van der Waals surface area contributed by atoms with E-state index in [1.165, 1.54) is 11.0 Å². The van der Waals surface area contributed by atoms with Gasteiger partial charge in [0.15, 0.2) is 0 Å². The van der Waals surface area contributed by atoms with Crippen LogP contribution in [0.3, 0.4) is 0 Å². The van der Waals surface area contributed by atoms with E-state index in [9.17, 15) is 23.1 Å². The van der Waals surface area contributed by atoms with Gasteiger partial charge < -0.3 is 14.7 Å². The number of carboxylic acids is 1. The number of hydrogen-bond donors (Lipinski definition) is 1. The lowest BCUT2D eigenvalue weighted by Crippen LogP contribution is -2.59. The second-order valence-electron chi connectivity index (χ2n) is 8.15. The van der Waals surface area contributed by atoms with Gasteiger partial charge in [-0.1, -0.05) is 54.6 Å². The van der Waals surface area contributed by atoms with Gasteiger partial charge in [0.25, 0.3) is 10.0 Å². The summed E-state index contributed by atoms with van der Waals surface area (Å²) in [5, 5.41) is 11.3. The summed E-state index contributed by atoms with van der Waals surface area (Å²) in [6.45, 7) is -0.249. The zero-order chi connectivity index (χ0) is 23.9. The Hall–Kier alpha value is -3.21. The quantitative estimate of drug-likeness (QED) is 0.578. The number of carbonyl (C=O) groups is 2. The Morgan fingerprint density at radius 2 is 1.62 bits per heavy atom. The molecule has 0 radical (unpaired) electrons. The van der Waals surface area contributed by atoms with E-state index in [1.54, 1.807) is 11.4 Å². The number of ether oxygens (including phenoxy) is 1. The Kier molecular flexibility index (Phi) is 5.88. The molecule has 0 unspecified atom stereocenters. The predicted molar refractivity (Wildman–Crippen MR) is 126 cm³/mol. The van der Waals surface area contributed by atoms with E-state index in [1.807, 2.05) is 48.5 Å². The summed E-state index contributed by atoms with van der Waals surface area (Å²) in [6.07, 6.45) is -0.652. The molecule has 1 aliphatic heterocycles. The third kappa shape index (κ3) is 3.87. The van der Waals surface area contributed by atoms with Crippen molar-refractivity contribution in [2.75, 3.05) is 26.2 Å². The van der Waals surface area contributed by atoms with Crippen LogP contribution in [0.1, 0.15) is 17.0 Å². The first-order chi connectivity index (χ1) is 16.4. The van der Waals surface area contributed by atoms with Crippen molar-refractivity contribution in [3.8, 4) is 11.1 Å². The third-order valence-corrected chi connectivity index (χ3v) is 9.55. The molecule has 1 N–H and O–H groups in total.